The van der Waals surface area contributed by atoms with E-state index in [0.29, 0.717) is 6.54 Å². The summed E-state index contributed by atoms with van der Waals surface area (Å²) < 4.78 is 13.1. The van der Waals surface area contributed by atoms with E-state index in [4.69, 9.17) is 0 Å². The number of nitrogens with one attached hydrogen (secondary N) is 1. The lowest BCUT2D eigenvalue weighted by molar-refractivity contribution is -0.385. The Morgan fingerprint density at radius 2 is 2.25 bits per heavy atom. The van der Waals surface area contributed by atoms with Crippen molar-refractivity contribution >= 4 is 11.6 Å². The Labute approximate surface area is 115 Å². The summed E-state index contributed by atoms with van der Waals surface area (Å²) in [4.78, 5) is 22.0. The molecule has 20 heavy (non-hydrogen) atoms. The molecule has 0 spiro atoms. The van der Waals surface area contributed by atoms with Crippen LogP contribution < -0.4 is 5.32 Å². The maximum Gasteiger partial charge on any atom is 0.282 e. The predicted molar refractivity (Wildman–Crippen MR) is 71.9 cm³/mol. The monoisotopic (exact) mass is 278 g/mol. The van der Waals surface area contributed by atoms with E-state index in [1.165, 1.54) is 5.57 Å². The predicted octanol–water partition coefficient (Wildman–Crippen LogP) is 2.96. The van der Waals surface area contributed by atoms with E-state index in [9.17, 15) is 19.3 Å². The standard InChI is InChI=1S/C14H15FN2O3/c15-11-5-6-13(17(19)20)12(9-11)14(18)16-8-7-10-3-1-2-4-10/h3,5-6,9H,1-2,4,7-8H2,(H,16,18). The fourth-order valence-electron chi connectivity index (χ4n) is 2.25. The molecule has 0 heterocycles. The van der Waals surface area contributed by atoms with Crippen LogP contribution in [0.1, 0.15) is 36.0 Å². The summed E-state index contributed by atoms with van der Waals surface area (Å²) in [5.41, 5.74) is 0.665. The lowest BCUT2D eigenvalue weighted by atomic mass is 10.1. The third-order valence-electron chi connectivity index (χ3n) is 3.27. The first-order valence-corrected chi connectivity index (χ1v) is 6.48. The Bertz CT molecular complexity index is 570. The van der Waals surface area contributed by atoms with E-state index in [0.717, 1.165) is 43.9 Å². The van der Waals surface area contributed by atoms with E-state index in [2.05, 4.69) is 11.4 Å². The summed E-state index contributed by atoms with van der Waals surface area (Å²) in [5, 5.41) is 13.4. The van der Waals surface area contributed by atoms with E-state index >= 15 is 0 Å². The van der Waals surface area contributed by atoms with Crippen molar-refractivity contribution < 1.29 is 14.1 Å². The van der Waals surface area contributed by atoms with Crippen molar-refractivity contribution in [2.75, 3.05) is 6.54 Å². The molecule has 1 aliphatic rings. The number of carbonyl (C=O) groups excluding carboxylic acids is 1. The van der Waals surface area contributed by atoms with Gasteiger partial charge in [0, 0.05) is 12.6 Å². The van der Waals surface area contributed by atoms with Crippen molar-refractivity contribution in [1.82, 2.24) is 5.32 Å². The summed E-state index contributed by atoms with van der Waals surface area (Å²) in [6.45, 7) is 0.401. The average molecular weight is 278 g/mol. The number of hydrogen-bond donors (Lipinski definition) is 1. The SMILES string of the molecule is O=C(NCCC1=CCCC1)c1cc(F)ccc1[N+](=O)[O-]. The highest BCUT2D eigenvalue weighted by molar-refractivity contribution is 5.98. The fraction of sp³-hybridized carbons (Fsp3) is 0.357. The summed E-state index contributed by atoms with van der Waals surface area (Å²) in [6, 6.07) is 2.87. The number of nitro groups is 1. The average Bonchev–Trinajstić information content (AvgIpc) is 2.91. The van der Waals surface area contributed by atoms with Crippen LogP contribution >= 0.6 is 0 Å². The topological polar surface area (TPSA) is 72.2 Å². The largest absolute Gasteiger partial charge is 0.351 e. The van der Waals surface area contributed by atoms with Gasteiger partial charge in [-0.15, -0.1) is 0 Å². The van der Waals surface area contributed by atoms with Crippen molar-refractivity contribution in [1.29, 1.82) is 0 Å². The number of nitro benzene ring substituents is 1. The molecule has 1 aromatic carbocycles. The molecule has 6 heteroatoms. The number of carbonyl (C=O) groups is 1. The quantitative estimate of drug-likeness (QED) is 0.511. The molecule has 0 saturated carbocycles. The molecule has 106 valence electrons. The van der Waals surface area contributed by atoms with Gasteiger partial charge >= 0.3 is 0 Å². The Morgan fingerprint density at radius 3 is 2.90 bits per heavy atom. The number of allylic oxidation sites excluding steroid dienone is 1. The minimum atomic E-state index is -0.687. The van der Waals surface area contributed by atoms with E-state index < -0.39 is 16.6 Å². The first kappa shape index (κ1) is 14.2. The summed E-state index contributed by atoms with van der Waals surface area (Å²) in [5.74, 6) is -1.28. The second-order valence-electron chi connectivity index (χ2n) is 4.68. The van der Waals surface area contributed by atoms with Gasteiger partial charge in [-0.25, -0.2) is 4.39 Å². The van der Waals surface area contributed by atoms with Gasteiger partial charge in [0.1, 0.15) is 11.4 Å². The zero-order chi connectivity index (χ0) is 14.5. The lowest BCUT2D eigenvalue weighted by Crippen LogP contribution is -2.25. The van der Waals surface area contributed by atoms with Crippen LogP contribution in [0.15, 0.2) is 29.8 Å². The lowest BCUT2D eigenvalue weighted by Gasteiger charge is -2.06. The molecule has 0 unspecified atom stereocenters. The number of amides is 1. The number of rotatable bonds is 5. The van der Waals surface area contributed by atoms with Gasteiger partial charge in [-0.2, -0.15) is 0 Å². The maximum absolute atomic E-state index is 13.1. The minimum Gasteiger partial charge on any atom is -0.351 e. The summed E-state index contributed by atoms with van der Waals surface area (Å²) >= 11 is 0. The maximum atomic E-state index is 13.1. The first-order chi connectivity index (χ1) is 9.58. The first-order valence-electron chi connectivity index (χ1n) is 6.48. The van der Waals surface area contributed by atoms with E-state index in [-0.39, 0.29) is 11.3 Å². The third-order valence-corrected chi connectivity index (χ3v) is 3.27. The zero-order valence-corrected chi connectivity index (χ0v) is 10.9. The van der Waals surface area contributed by atoms with Crippen LogP contribution in [0.25, 0.3) is 0 Å². The van der Waals surface area contributed by atoms with Gasteiger partial charge in [0.05, 0.1) is 4.92 Å². The second kappa shape index (κ2) is 6.27. The molecule has 0 bridgehead atoms. The molecule has 1 amide bonds. The Morgan fingerprint density at radius 1 is 1.45 bits per heavy atom. The number of nitrogens with zero attached hydrogens (tertiary/aromatic N) is 1. The van der Waals surface area contributed by atoms with Crippen LogP contribution in [0.5, 0.6) is 0 Å². The van der Waals surface area contributed by atoms with E-state index in [1.54, 1.807) is 0 Å². The van der Waals surface area contributed by atoms with Crippen molar-refractivity contribution in [3.05, 3.63) is 51.3 Å². The second-order valence-corrected chi connectivity index (χ2v) is 4.68. The van der Waals surface area contributed by atoms with Gasteiger partial charge in [-0.1, -0.05) is 11.6 Å². The zero-order valence-electron chi connectivity index (χ0n) is 10.9. The molecule has 0 fully saturated rings. The van der Waals surface area contributed by atoms with Crippen LogP contribution in [-0.2, 0) is 0 Å². The normalized spacial score (nSPS) is 13.9. The summed E-state index contributed by atoms with van der Waals surface area (Å²) in [6.07, 6.45) is 6.12. The van der Waals surface area contributed by atoms with Crippen LogP contribution in [0, 0.1) is 15.9 Å². The van der Waals surface area contributed by atoms with Crippen molar-refractivity contribution in [2.45, 2.75) is 25.7 Å². The number of hydrogen-bond acceptors (Lipinski definition) is 3. The molecule has 0 radical (unpaired) electrons. The van der Waals surface area contributed by atoms with Crippen LogP contribution in [-0.4, -0.2) is 17.4 Å². The molecule has 1 aromatic rings. The van der Waals surface area contributed by atoms with Crippen LogP contribution in [0.2, 0.25) is 0 Å². The number of benzene rings is 1. The molecule has 0 aliphatic heterocycles. The van der Waals surface area contributed by atoms with E-state index in [1.807, 2.05) is 0 Å². The Kier molecular flexibility index (Phi) is 4.45. The smallest absolute Gasteiger partial charge is 0.282 e. The van der Waals surface area contributed by atoms with Gasteiger partial charge in [-0.3, -0.25) is 14.9 Å². The molecular weight excluding hydrogens is 263 g/mol. The Balaban J connectivity index is 2.01. The molecule has 1 aliphatic carbocycles. The van der Waals surface area contributed by atoms with Gasteiger partial charge in [0.15, 0.2) is 0 Å². The number of halogens is 1. The molecular formula is C14H15FN2O3. The highest BCUT2D eigenvalue weighted by Crippen LogP contribution is 2.21. The molecule has 5 nitrogen and oxygen atoms in total. The molecule has 1 N–H and O–H groups in total. The van der Waals surface area contributed by atoms with Gasteiger partial charge in [-0.05, 0) is 37.8 Å². The fourth-order valence-corrected chi connectivity index (χ4v) is 2.25. The summed E-state index contributed by atoms with van der Waals surface area (Å²) in [7, 11) is 0. The highest BCUT2D eigenvalue weighted by atomic mass is 19.1. The highest BCUT2D eigenvalue weighted by Gasteiger charge is 2.20. The Hall–Kier alpha value is -2.24. The minimum absolute atomic E-state index is 0.240. The molecule has 0 aromatic heterocycles. The molecule has 0 saturated heterocycles. The van der Waals surface area contributed by atoms with Crippen LogP contribution in [0.3, 0.4) is 0 Å². The molecule has 2 rings (SSSR count). The third kappa shape index (κ3) is 3.40. The van der Waals surface area contributed by atoms with Gasteiger partial charge < -0.3 is 5.32 Å². The van der Waals surface area contributed by atoms with Crippen molar-refractivity contribution in [2.24, 2.45) is 0 Å². The van der Waals surface area contributed by atoms with Crippen molar-refractivity contribution in [3.63, 3.8) is 0 Å². The van der Waals surface area contributed by atoms with Crippen molar-refractivity contribution in [3.8, 4) is 0 Å². The van der Waals surface area contributed by atoms with Gasteiger partial charge in [0.25, 0.3) is 11.6 Å². The molecule has 0 atom stereocenters. The van der Waals surface area contributed by atoms with Gasteiger partial charge in [0.2, 0.25) is 0 Å². The van der Waals surface area contributed by atoms with Crippen LogP contribution in [0.4, 0.5) is 10.1 Å².